The van der Waals surface area contributed by atoms with Gasteiger partial charge in [-0.2, -0.15) is 0 Å². The summed E-state index contributed by atoms with van der Waals surface area (Å²) in [4.78, 5) is 0.409. The van der Waals surface area contributed by atoms with E-state index in [0.29, 0.717) is 11.4 Å². The van der Waals surface area contributed by atoms with E-state index in [-0.39, 0.29) is 9.79 Å². The molecule has 0 aliphatic rings. The van der Waals surface area contributed by atoms with Gasteiger partial charge in [-0.3, -0.25) is 9.44 Å². The Morgan fingerprint density at radius 1 is 0.472 bits per heavy atom. The van der Waals surface area contributed by atoms with Gasteiger partial charge in [-0.25, -0.2) is 16.8 Å². The van der Waals surface area contributed by atoms with Gasteiger partial charge in [-0.05, 0) is 98.5 Å². The molecule has 0 aliphatic carbocycles. The molecule has 36 heavy (non-hydrogen) atoms. The lowest BCUT2D eigenvalue weighted by Crippen LogP contribution is -2.14. The molecule has 0 unspecified atom stereocenters. The van der Waals surface area contributed by atoms with E-state index in [1.165, 1.54) is 0 Å². The molecule has 0 saturated carbocycles. The first-order valence-corrected chi connectivity index (χ1v) is 14.3. The highest BCUT2D eigenvalue weighted by atomic mass is 32.2. The van der Waals surface area contributed by atoms with Crippen LogP contribution >= 0.6 is 0 Å². The van der Waals surface area contributed by atoms with Crippen molar-refractivity contribution in [2.24, 2.45) is 0 Å². The highest BCUT2D eigenvalue weighted by Gasteiger charge is 2.17. The van der Waals surface area contributed by atoms with Crippen molar-refractivity contribution in [1.29, 1.82) is 0 Å². The zero-order valence-electron chi connectivity index (χ0n) is 20.5. The van der Waals surface area contributed by atoms with Crippen molar-refractivity contribution in [1.82, 2.24) is 0 Å². The van der Waals surface area contributed by atoms with Gasteiger partial charge in [-0.1, -0.05) is 47.5 Å². The van der Waals surface area contributed by atoms with Gasteiger partial charge in [0.1, 0.15) is 0 Å². The van der Waals surface area contributed by atoms with E-state index in [1.807, 2.05) is 52.0 Å². The van der Waals surface area contributed by atoms with Crippen molar-refractivity contribution in [3.63, 3.8) is 0 Å². The van der Waals surface area contributed by atoms with Crippen LogP contribution in [0.5, 0.6) is 0 Å². The molecule has 6 nitrogen and oxygen atoms in total. The quantitative estimate of drug-likeness (QED) is 0.304. The van der Waals surface area contributed by atoms with Gasteiger partial charge in [0, 0.05) is 0 Å². The van der Waals surface area contributed by atoms with Crippen molar-refractivity contribution in [3.8, 4) is 11.1 Å². The summed E-state index contributed by atoms with van der Waals surface area (Å²) >= 11 is 0. The molecule has 0 aromatic heterocycles. The fraction of sp³-hybridized carbons (Fsp3) is 0.143. The predicted molar refractivity (Wildman–Crippen MR) is 145 cm³/mol. The number of aryl methyl sites for hydroxylation is 4. The summed E-state index contributed by atoms with van der Waals surface area (Å²) in [5.41, 5.74) is 6.29. The van der Waals surface area contributed by atoms with E-state index in [2.05, 4.69) is 9.44 Å². The minimum Gasteiger partial charge on any atom is -0.279 e. The lowest BCUT2D eigenvalue weighted by atomic mass is 10.0. The van der Waals surface area contributed by atoms with E-state index in [1.54, 1.807) is 60.7 Å². The SMILES string of the molecule is Cc1ccc(S(=O)(=O)Nc2ccc(-c3ccc(NS(=O)(=O)c4ccc(C)cc4)c(C)c3)cc2C)cc1. The molecular formula is C28H28N2O4S2. The van der Waals surface area contributed by atoms with Gasteiger partial charge in [-0.15, -0.1) is 0 Å². The molecule has 0 heterocycles. The van der Waals surface area contributed by atoms with Crippen LogP contribution in [0.1, 0.15) is 22.3 Å². The van der Waals surface area contributed by atoms with E-state index < -0.39 is 20.0 Å². The molecule has 0 amide bonds. The van der Waals surface area contributed by atoms with Crippen molar-refractivity contribution < 1.29 is 16.8 Å². The fourth-order valence-electron chi connectivity index (χ4n) is 3.76. The summed E-state index contributed by atoms with van der Waals surface area (Å²) in [5.74, 6) is 0. The van der Waals surface area contributed by atoms with E-state index >= 15 is 0 Å². The summed E-state index contributed by atoms with van der Waals surface area (Å²) in [6.07, 6.45) is 0. The Kier molecular flexibility index (Phi) is 6.93. The third-order valence-electron chi connectivity index (χ3n) is 5.94. The zero-order chi connectivity index (χ0) is 26.1. The van der Waals surface area contributed by atoms with Crippen LogP contribution in [0.2, 0.25) is 0 Å². The molecule has 0 atom stereocenters. The first-order valence-electron chi connectivity index (χ1n) is 11.4. The molecule has 0 radical (unpaired) electrons. The van der Waals surface area contributed by atoms with Crippen molar-refractivity contribution in [2.75, 3.05) is 9.44 Å². The second-order valence-corrected chi connectivity index (χ2v) is 12.3. The highest BCUT2D eigenvalue weighted by molar-refractivity contribution is 7.93. The highest BCUT2D eigenvalue weighted by Crippen LogP contribution is 2.30. The summed E-state index contributed by atoms with van der Waals surface area (Å²) in [5, 5.41) is 0. The number of sulfonamides is 2. The Morgan fingerprint density at radius 3 is 1.11 bits per heavy atom. The Labute approximate surface area is 213 Å². The predicted octanol–water partition coefficient (Wildman–Crippen LogP) is 6.19. The zero-order valence-corrected chi connectivity index (χ0v) is 22.2. The standard InChI is InChI=1S/C28H28N2O4S2/c1-19-5-11-25(12-6-19)35(31,32)29-27-15-9-23(17-21(27)3)24-10-16-28(22(4)18-24)30-36(33,34)26-13-7-20(2)8-14-26/h5-18,29-30H,1-4H3. The topological polar surface area (TPSA) is 92.3 Å². The van der Waals surface area contributed by atoms with Gasteiger partial charge in [0.2, 0.25) is 0 Å². The number of nitrogens with one attached hydrogen (secondary N) is 2. The van der Waals surface area contributed by atoms with Crippen LogP contribution in [0.3, 0.4) is 0 Å². The smallest absolute Gasteiger partial charge is 0.261 e. The van der Waals surface area contributed by atoms with E-state index in [0.717, 1.165) is 33.4 Å². The maximum Gasteiger partial charge on any atom is 0.261 e. The van der Waals surface area contributed by atoms with Gasteiger partial charge in [0.05, 0.1) is 21.2 Å². The molecule has 0 aliphatic heterocycles. The second kappa shape index (κ2) is 9.79. The Morgan fingerprint density at radius 2 is 0.806 bits per heavy atom. The fourth-order valence-corrected chi connectivity index (χ4v) is 6.02. The molecule has 8 heteroatoms. The summed E-state index contributed by atoms with van der Waals surface area (Å²) < 4.78 is 56.4. The number of benzene rings is 4. The molecule has 186 valence electrons. The molecule has 4 aromatic rings. The molecule has 0 spiro atoms. The summed E-state index contributed by atoms with van der Waals surface area (Å²) in [7, 11) is -7.40. The van der Waals surface area contributed by atoms with Crippen LogP contribution < -0.4 is 9.44 Å². The second-order valence-electron chi connectivity index (χ2n) is 8.90. The number of rotatable bonds is 7. The minimum atomic E-state index is -3.70. The Balaban J connectivity index is 1.55. The Hall–Kier alpha value is -3.62. The van der Waals surface area contributed by atoms with E-state index in [4.69, 9.17) is 0 Å². The van der Waals surface area contributed by atoms with Crippen LogP contribution in [-0.4, -0.2) is 16.8 Å². The molecule has 2 N–H and O–H groups in total. The van der Waals surface area contributed by atoms with Crippen molar-refractivity contribution in [2.45, 2.75) is 37.5 Å². The minimum absolute atomic E-state index is 0.205. The molecule has 4 rings (SSSR count). The monoisotopic (exact) mass is 520 g/mol. The molecule has 0 saturated heterocycles. The maximum atomic E-state index is 12.8. The average molecular weight is 521 g/mol. The molecular weight excluding hydrogens is 492 g/mol. The molecule has 0 fully saturated rings. The molecule has 0 bridgehead atoms. The van der Waals surface area contributed by atoms with Gasteiger partial charge in [0.15, 0.2) is 0 Å². The van der Waals surface area contributed by atoms with Crippen LogP contribution in [0.4, 0.5) is 11.4 Å². The summed E-state index contributed by atoms with van der Waals surface area (Å²) in [6.45, 7) is 7.49. The van der Waals surface area contributed by atoms with Crippen LogP contribution in [0, 0.1) is 27.7 Å². The Bertz CT molecular complexity index is 1500. The first kappa shape index (κ1) is 25.5. The van der Waals surface area contributed by atoms with Gasteiger partial charge in [0.25, 0.3) is 20.0 Å². The molecule has 4 aromatic carbocycles. The van der Waals surface area contributed by atoms with E-state index in [9.17, 15) is 16.8 Å². The van der Waals surface area contributed by atoms with Gasteiger partial charge < -0.3 is 0 Å². The van der Waals surface area contributed by atoms with Crippen LogP contribution in [0.25, 0.3) is 11.1 Å². The number of anilines is 2. The largest absolute Gasteiger partial charge is 0.279 e. The maximum absolute atomic E-state index is 12.8. The number of hydrogen-bond donors (Lipinski definition) is 2. The first-order chi connectivity index (χ1) is 16.9. The van der Waals surface area contributed by atoms with Gasteiger partial charge >= 0.3 is 0 Å². The lowest BCUT2D eigenvalue weighted by molar-refractivity contribution is 0.599. The third kappa shape index (κ3) is 5.61. The number of hydrogen-bond acceptors (Lipinski definition) is 4. The van der Waals surface area contributed by atoms with Crippen LogP contribution in [-0.2, 0) is 20.0 Å². The third-order valence-corrected chi connectivity index (χ3v) is 8.70. The normalized spacial score (nSPS) is 11.8. The van der Waals surface area contributed by atoms with Crippen molar-refractivity contribution >= 4 is 31.4 Å². The lowest BCUT2D eigenvalue weighted by Gasteiger charge is -2.14. The average Bonchev–Trinajstić information content (AvgIpc) is 2.82. The summed E-state index contributed by atoms with van der Waals surface area (Å²) in [6, 6.07) is 24.3. The van der Waals surface area contributed by atoms with Crippen molar-refractivity contribution in [3.05, 3.63) is 107 Å². The van der Waals surface area contributed by atoms with Crippen LogP contribution in [0.15, 0.2) is 94.7 Å².